The number of carbonyl (C=O) groups is 1. The molecule has 0 unspecified atom stereocenters. The van der Waals surface area contributed by atoms with Gasteiger partial charge in [0.2, 0.25) is 0 Å². The number of benzene rings is 1. The van der Waals surface area contributed by atoms with Gasteiger partial charge < -0.3 is 10.2 Å². The molecule has 0 aromatic heterocycles. The van der Waals surface area contributed by atoms with E-state index in [1.165, 1.54) is 5.56 Å². The van der Waals surface area contributed by atoms with Gasteiger partial charge in [-0.2, -0.15) is 0 Å². The molecule has 1 aromatic rings. The van der Waals surface area contributed by atoms with E-state index in [2.05, 4.69) is 66.5 Å². The fraction of sp³-hybridized carbons (Fsp3) is 0.611. The van der Waals surface area contributed by atoms with Gasteiger partial charge in [-0.25, -0.2) is 4.79 Å². The van der Waals surface area contributed by atoms with Crippen molar-refractivity contribution in [1.82, 2.24) is 15.1 Å². The second-order valence-electron chi connectivity index (χ2n) is 6.92. The highest BCUT2D eigenvalue weighted by molar-refractivity contribution is 5.78. The van der Waals surface area contributed by atoms with Crippen molar-refractivity contribution in [2.24, 2.45) is 0 Å². The van der Waals surface area contributed by atoms with Gasteiger partial charge in [-0.1, -0.05) is 30.3 Å². The smallest absolute Gasteiger partial charge is 0.317 e. The Hall–Kier alpha value is -1.55. The second-order valence-corrected chi connectivity index (χ2v) is 6.92. The molecule has 0 bridgehead atoms. The highest BCUT2D eigenvalue weighted by Gasteiger charge is 2.51. The van der Waals surface area contributed by atoms with Crippen molar-refractivity contribution < 1.29 is 4.79 Å². The summed E-state index contributed by atoms with van der Waals surface area (Å²) in [7, 11) is 4.36. The number of nitrogens with one attached hydrogen (secondary N) is 1. The summed E-state index contributed by atoms with van der Waals surface area (Å²) in [4.78, 5) is 16.5. The molecule has 1 saturated carbocycles. The fourth-order valence-corrected chi connectivity index (χ4v) is 4.44. The number of amides is 2. The van der Waals surface area contributed by atoms with E-state index in [1.54, 1.807) is 0 Å². The van der Waals surface area contributed by atoms with Gasteiger partial charge in [0.25, 0.3) is 0 Å². The summed E-state index contributed by atoms with van der Waals surface area (Å²) in [6.45, 7) is 3.68. The SMILES string of the molecule is CCN1C(=O)NC[C@]12CC[C@@](c1ccccc1)(N(C)C)CC2. The Morgan fingerprint density at radius 1 is 1.14 bits per heavy atom. The van der Waals surface area contributed by atoms with E-state index in [0.29, 0.717) is 0 Å². The topological polar surface area (TPSA) is 35.6 Å². The second kappa shape index (κ2) is 5.58. The first-order chi connectivity index (χ1) is 10.5. The lowest BCUT2D eigenvalue weighted by atomic mass is 9.68. The maximum absolute atomic E-state index is 12.0. The fourth-order valence-electron chi connectivity index (χ4n) is 4.44. The molecule has 1 aliphatic carbocycles. The predicted octanol–water partition coefficient (Wildman–Crippen LogP) is 2.80. The van der Waals surface area contributed by atoms with Gasteiger partial charge in [0.1, 0.15) is 0 Å². The molecule has 1 N–H and O–H groups in total. The lowest BCUT2D eigenvalue weighted by Gasteiger charge is -2.50. The molecule has 1 spiro atoms. The predicted molar refractivity (Wildman–Crippen MR) is 88.8 cm³/mol. The van der Waals surface area contributed by atoms with E-state index in [-0.39, 0.29) is 17.1 Å². The molecular formula is C18H27N3O. The van der Waals surface area contributed by atoms with Crippen LogP contribution in [0, 0.1) is 0 Å². The lowest BCUT2D eigenvalue weighted by molar-refractivity contribution is 0.0277. The highest BCUT2D eigenvalue weighted by atomic mass is 16.2. The molecule has 1 aliphatic heterocycles. The lowest BCUT2D eigenvalue weighted by Crippen LogP contribution is -2.55. The minimum Gasteiger partial charge on any atom is -0.336 e. The Morgan fingerprint density at radius 3 is 2.32 bits per heavy atom. The molecule has 1 saturated heterocycles. The van der Waals surface area contributed by atoms with Crippen molar-refractivity contribution in [1.29, 1.82) is 0 Å². The quantitative estimate of drug-likeness (QED) is 0.932. The van der Waals surface area contributed by atoms with Crippen molar-refractivity contribution in [3.63, 3.8) is 0 Å². The van der Waals surface area contributed by atoms with Gasteiger partial charge in [0, 0.05) is 18.6 Å². The molecular weight excluding hydrogens is 274 g/mol. The van der Waals surface area contributed by atoms with Crippen LogP contribution < -0.4 is 5.32 Å². The molecule has 22 heavy (non-hydrogen) atoms. The Balaban J connectivity index is 1.86. The van der Waals surface area contributed by atoms with E-state index in [1.807, 2.05) is 0 Å². The van der Waals surface area contributed by atoms with Crippen LogP contribution in [0.2, 0.25) is 0 Å². The number of likely N-dealkylation sites (N-methyl/N-ethyl adjacent to an activating group) is 1. The number of carbonyl (C=O) groups excluding carboxylic acids is 1. The first-order valence-electron chi connectivity index (χ1n) is 8.32. The molecule has 3 rings (SSSR count). The minimum absolute atomic E-state index is 0.0279. The third kappa shape index (κ3) is 2.21. The average Bonchev–Trinajstić information content (AvgIpc) is 2.85. The standard InChI is InChI=1S/C18H27N3O/c1-4-21-16(22)19-14-17(21)10-12-18(13-11-17,20(2)3)15-8-6-5-7-9-15/h5-9H,4,10-14H2,1-3H3,(H,19,22)/t17-,18-. The largest absolute Gasteiger partial charge is 0.336 e. The van der Waals surface area contributed by atoms with Crippen LogP contribution in [0.1, 0.15) is 38.2 Å². The van der Waals surface area contributed by atoms with Crippen LogP contribution in [-0.2, 0) is 5.54 Å². The van der Waals surface area contributed by atoms with E-state index in [9.17, 15) is 4.79 Å². The summed E-state index contributed by atoms with van der Waals surface area (Å²) < 4.78 is 0. The molecule has 120 valence electrons. The van der Waals surface area contributed by atoms with Crippen LogP contribution in [0.4, 0.5) is 4.79 Å². The number of hydrogen-bond donors (Lipinski definition) is 1. The van der Waals surface area contributed by atoms with Crippen molar-refractivity contribution >= 4 is 6.03 Å². The van der Waals surface area contributed by atoms with Crippen molar-refractivity contribution in [2.75, 3.05) is 27.2 Å². The summed E-state index contributed by atoms with van der Waals surface area (Å²) in [5.74, 6) is 0. The van der Waals surface area contributed by atoms with Crippen LogP contribution in [0.5, 0.6) is 0 Å². The van der Waals surface area contributed by atoms with Crippen LogP contribution in [0.3, 0.4) is 0 Å². The summed E-state index contributed by atoms with van der Waals surface area (Å²) in [5.41, 5.74) is 1.52. The number of rotatable bonds is 3. The maximum atomic E-state index is 12.0. The van der Waals surface area contributed by atoms with E-state index in [4.69, 9.17) is 0 Å². The molecule has 2 amide bonds. The Bertz CT molecular complexity index is 533. The molecule has 2 aliphatic rings. The minimum atomic E-state index is 0.0279. The maximum Gasteiger partial charge on any atom is 0.317 e. The first-order valence-corrected chi connectivity index (χ1v) is 8.32. The molecule has 4 nitrogen and oxygen atoms in total. The summed E-state index contributed by atoms with van der Waals surface area (Å²) >= 11 is 0. The zero-order valence-corrected chi connectivity index (χ0v) is 13.9. The van der Waals surface area contributed by atoms with E-state index >= 15 is 0 Å². The summed E-state index contributed by atoms with van der Waals surface area (Å²) in [5, 5.41) is 3.05. The average molecular weight is 301 g/mol. The molecule has 4 heteroatoms. The normalized spacial score (nSPS) is 31.8. The molecule has 2 fully saturated rings. The zero-order valence-electron chi connectivity index (χ0n) is 13.9. The van der Waals surface area contributed by atoms with Crippen molar-refractivity contribution in [2.45, 2.75) is 43.7 Å². The molecule has 1 heterocycles. The highest BCUT2D eigenvalue weighted by Crippen LogP contribution is 2.47. The molecule has 0 atom stereocenters. The number of nitrogens with zero attached hydrogens (tertiary/aromatic N) is 2. The van der Waals surface area contributed by atoms with Crippen LogP contribution in [0.15, 0.2) is 30.3 Å². The van der Waals surface area contributed by atoms with Crippen LogP contribution in [0.25, 0.3) is 0 Å². The van der Waals surface area contributed by atoms with Gasteiger partial charge in [-0.3, -0.25) is 4.90 Å². The van der Waals surface area contributed by atoms with E-state index < -0.39 is 0 Å². The van der Waals surface area contributed by atoms with Crippen molar-refractivity contribution in [3.8, 4) is 0 Å². The van der Waals surface area contributed by atoms with Gasteiger partial charge in [-0.05, 0) is 52.3 Å². The monoisotopic (exact) mass is 301 g/mol. The van der Waals surface area contributed by atoms with Gasteiger partial charge in [0.15, 0.2) is 0 Å². The van der Waals surface area contributed by atoms with Gasteiger partial charge >= 0.3 is 6.03 Å². The van der Waals surface area contributed by atoms with E-state index in [0.717, 1.165) is 38.8 Å². The van der Waals surface area contributed by atoms with Crippen molar-refractivity contribution in [3.05, 3.63) is 35.9 Å². The number of hydrogen-bond acceptors (Lipinski definition) is 2. The Kier molecular flexibility index (Phi) is 3.89. The molecule has 0 radical (unpaired) electrons. The zero-order chi connectivity index (χ0) is 15.8. The summed E-state index contributed by atoms with van der Waals surface area (Å²) in [6, 6.07) is 10.9. The van der Waals surface area contributed by atoms with Crippen LogP contribution in [-0.4, -0.2) is 48.6 Å². The third-order valence-electron chi connectivity index (χ3n) is 5.88. The van der Waals surface area contributed by atoms with Crippen LogP contribution >= 0.6 is 0 Å². The third-order valence-corrected chi connectivity index (χ3v) is 5.88. The Morgan fingerprint density at radius 2 is 1.77 bits per heavy atom. The Labute approximate surface area is 133 Å². The number of urea groups is 1. The first kappa shape index (κ1) is 15.3. The molecule has 1 aromatic carbocycles. The van der Waals surface area contributed by atoms with Gasteiger partial charge in [0.05, 0.1) is 5.54 Å². The van der Waals surface area contributed by atoms with Gasteiger partial charge in [-0.15, -0.1) is 0 Å². The summed E-state index contributed by atoms with van der Waals surface area (Å²) in [6.07, 6.45) is 4.31.